The first-order chi connectivity index (χ1) is 25.7. The van der Waals surface area contributed by atoms with Gasteiger partial charge < -0.3 is 38.3 Å². The SMILES string of the molecule is CCCCCCCCCCCCCCN(CCCCC)CCCCCCCCCCCC.NCCCCC(NC(=O)C(N)CCCN=C(N)N)C(=O)O. The Kier molecular flexibility index (Phi) is 43.0. The van der Waals surface area contributed by atoms with Gasteiger partial charge in [-0.15, -0.1) is 0 Å². The van der Waals surface area contributed by atoms with Crippen LogP contribution in [-0.2, 0) is 9.59 Å². The molecule has 53 heavy (non-hydrogen) atoms. The first-order valence-electron chi connectivity index (χ1n) is 22.5. The standard InChI is InChI=1S/C31H65N.C12H26N6O3/c1-4-7-10-12-14-16-18-19-21-23-25-28-31-32(29-26-9-6-3)30-27-24-22-20-17-15-13-11-8-5-2;13-6-2-1-5-9(11(20)21)18-10(19)8(14)4-3-7-17-12(15)16/h4-31H2,1-3H3;8-9H,1-7,13-14H2,(H,18,19)(H,20,21)(H4,15,16,17). The highest BCUT2D eigenvalue weighted by atomic mass is 16.4. The van der Waals surface area contributed by atoms with Crippen molar-refractivity contribution in [2.75, 3.05) is 32.7 Å². The maximum atomic E-state index is 11.8. The van der Waals surface area contributed by atoms with E-state index in [2.05, 4.69) is 36.0 Å². The smallest absolute Gasteiger partial charge is 0.326 e. The van der Waals surface area contributed by atoms with Crippen LogP contribution in [0.2, 0.25) is 0 Å². The monoisotopic (exact) mass is 754 g/mol. The van der Waals surface area contributed by atoms with Crippen LogP contribution in [0.1, 0.15) is 213 Å². The Bertz CT molecular complexity index is 811. The number of aliphatic carboxylic acids is 1. The first-order valence-corrected chi connectivity index (χ1v) is 22.5. The van der Waals surface area contributed by atoms with Gasteiger partial charge in [0.15, 0.2) is 5.96 Å². The number of hydrogen-bond acceptors (Lipinski definition) is 6. The molecule has 0 aliphatic carbocycles. The average Bonchev–Trinajstić information content (AvgIpc) is 3.14. The average molecular weight is 754 g/mol. The van der Waals surface area contributed by atoms with E-state index in [9.17, 15) is 9.59 Å². The van der Waals surface area contributed by atoms with Crippen molar-refractivity contribution in [1.29, 1.82) is 0 Å². The summed E-state index contributed by atoms with van der Waals surface area (Å²) in [6.45, 7) is 11.9. The zero-order valence-electron chi connectivity index (χ0n) is 35.4. The van der Waals surface area contributed by atoms with Crippen molar-refractivity contribution >= 4 is 17.8 Å². The molecule has 0 rings (SSSR count). The number of carbonyl (C=O) groups is 2. The Balaban J connectivity index is 0. The van der Waals surface area contributed by atoms with Crippen LogP contribution in [0.15, 0.2) is 4.99 Å². The Morgan fingerprint density at radius 1 is 0.566 bits per heavy atom. The molecule has 1 amide bonds. The molecule has 10 N–H and O–H groups in total. The first kappa shape index (κ1) is 53.2. The molecular formula is C43H91N7O3. The van der Waals surface area contributed by atoms with E-state index < -0.39 is 24.0 Å². The van der Waals surface area contributed by atoms with Crippen LogP contribution in [0.3, 0.4) is 0 Å². The molecule has 0 aliphatic heterocycles. The number of unbranched alkanes of at least 4 members (excludes halogenated alkanes) is 23. The van der Waals surface area contributed by atoms with Gasteiger partial charge in [0.2, 0.25) is 5.91 Å². The molecule has 0 aromatic carbocycles. The number of carbonyl (C=O) groups excluding carboxylic acids is 1. The molecule has 0 saturated heterocycles. The van der Waals surface area contributed by atoms with Gasteiger partial charge in [0.1, 0.15) is 6.04 Å². The van der Waals surface area contributed by atoms with Crippen molar-refractivity contribution in [3.8, 4) is 0 Å². The molecule has 0 aromatic heterocycles. The van der Waals surface area contributed by atoms with Gasteiger partial charge >= 0.3 is 5.97 Å². The van der Waals surface area contributed by atoms with E-state index in [4.69, 9.17) is 28.0 Å². The van der Waals surface area contributed by atoms with E-state index in [1.165, 1.54) is 180 Å². The maximum Gasteiger partial charge on any atom is 0.326 e. The molecule has 0 aliphatic rings. The van der Waals surface area contributed by atoms with Crippen LogP contribution in [0.5, 0.6) is 0 Å². The zero-order valence-corrected chi connectivity index (χ0v) is 35.4. The maximum absolute atomic E-state index is 11.8. The van der Waals surface area contributed by atoms with Crippen LogP contribution < -0.4 is 28.3 Å². The number of aliphatic imine (C=N–C) groups is 1. The summed E-state index contributed by atoms with van der Waals surface area (Å²) < 4.78 is 0. The predicted molar refractivity (Wildman–Crippen MR) is 229 cm³/mol. The molecule has 0 fully saturated rings. The lowest BCUT2D eigenvalue weighted by molar-refractivity contribution is -0.142. The fraction of sp³-hybridized carbons (Fsp3) is 0.930. The van der Waals surface area contributed by atoms with E-state index >= 15 is 0 Å². The normalized spacial score (nSPS) is 12.3. The topological polar surface area (TPSA) is 186 Å². The Morgan fingerprint density at radius 2 is 0.943 bits per heavy atom. The molecule has 0 heterocycles. The van der Waals surface area contributed by atoms with E-state index in [0.717, 1.165) is 0 Å². The highest BCUT2D eigenvalue weighted by molar-refractivity contribution is 5.86. The van der Waals surface area contributed by atoms with Crippen LogP contribution in [-0.4, -0.2) is 72.6 Å². The van der Waals surface area contributed by atoms with Gasteiger partial charge in [-0.1, -0.05) is 162 Å². The lowest BCUT2D eigenvalue weighted by Crippen LogP contribution is -2.48. The summed E-state index contributed by atoms with van der Waals surface area (Å²) in [5.74, 6) is -1.58. The van der Waals surface area contributed by atoms with Gasteiger partial charge in [0.05, 0.1) is 6.04 Å². The molecule has 0 radical (unpaired) electrons. The van der Waals surface area contributed by atoms with Crippen LogP contribution in [0.4, 0.5) is 0 Å². The van der Waals surface area contributed by atoms with Crippen molar-refractivity contribution in [2.24, 2.45) is 27.9 Å². The molecule has 0 saturated carbocycles. The third-order valence-electron chi connectivity index (χ3n) is 10.1. The molecule has 2 unspecified atom stereocenters. The summed E-state index contributed by atoms with van der Waals surface area (Å²) >= 11 is 0. The summed E-state index contributed by atoms with van der Waals surface area (Å²) in [5.41, 5.74) is 21.4. The van der Waals surface area contributed by atoms with Gasteiger partial charge in [0.25, 0.3) is 0 Å². The fourth-order valence-electron chi connectivity index (χ4n) is 6.60. The van der Waals surface area contributed by atoms with E-state index in [1.54, 1.807) is 0 Å². The van der Waals surface area contributed by atoms with E-state index in [0.29, 0.717) is 45.2 Å². The number of nitrogens with zero attached hydrogens (tertiary/aromatic N) is 2. The lowest BCUT2D eigenvalue weighted by atomic mass is 10.0. The van der Waals surface area contributed by atoms with Gasteiger partial charge in [0, 0.05) is 6.54 Å². The number of guanidine groups is 1. The Labute approximate surface area is 328 Å². The van der Waals surface area contributed by atoms with Gasteiger partial charge in [-0.25, -0.2) is 4.79 Å². The highest BCUT2D eigenvalue weighted by Crippen LogP contribution is 2.14. The second kappa shape index (κ2) is 42.8. The Morgan fingerprint density at radius 3 is 1.32 bits per heavy atom. The summed E-state index contributed by atoms with van der Waals surface area (Å²) in [6.07, 6.45) is 38.8. The molecule has 2 atom stereocenters. The number of nitrogens with two attached hydrogens (primary N) is 4. The number of nitrogens with one attached hydrogen (secondary N) is 1. The summed E-state index contributed by atoms with van der Waals surface area (Å²) in [7, 11) is 0. The van der Waals surface area contributed by atoms with Crippen LogP contribution in [0.25, 0.3) is 0 Å². The lowest BCUT2D eigenvalue weighted by Gasteiger charge is -2.22. The molecule has 10 heteroatoms. The third-order valence-corrected chi connectivity index (χ3v) is 10.1. The van der Waals surface area contributed by atoms with Gasteiger partial charge in [-0.3, -0.25) is 9.79 Å². The summed E-state index contributed by atoms with van der Waals surface area (Å²) in [6, 6.07) is -1.72. The number of carboxylic acid groups (broad SMARTS) is 1. The van der Waals surface area contributed by atoms with Crippen molar-refractivity contribution < 1.29 is 14.7 Å². The minimum Gasteiger partial charge on any atom is -0.480 e. The van der Waals surface area contributed by atoms with Crippen molar-refractivity contribution in [3.63, 3.8) is 0 Å². The second-order valence-corrected chi connectivity index (χ2v) is 15.4. The van der Waals surface area contributed by atoms with Crippen LogP contribution in [0, 0.1) is 0 Å². The minimum atomic E-state index is -1.08. The molecule has 0 bridgehead atoms. The Hall–Kier alpha value is -1.91. The summed E-state index contributed by atoms with van der Waals surface area (Å²) in [5, 5.41) is 11.5. The number of hydrogen-bond donors (Lipinski definition) is 6. The quantitative estimate of drug-likeness (QED) is 0.0204. The number of rotatable bonds is 39. The number of carboxylic acids is 1. The highest BCUT2D eigenvalue weighted by Gasteiger charge is 2.22. The van der Waals surface area contributed by atoms with Gasteiger partial charge in [-0.05, 0) is 77.5 Å². The zero-order chi connectivity index (χ0) is 39.6. The summed E-state index contributed by atoms with van der Waals surface area (Å²) in [4.78, 5) is 29.4. The van der Waals surface area contributed by atoms with Crippen LogP contribution >= 0.6 is 0 Å². The minimum absolute atomic E-state index is 0.0149. The van der Waals surface area contributed by atoms with E-state index in [-0.39, 0.29) is 5.96 Å². The second-order valence-electron chi connectivity index (χ2n) is 15.4. The largest absolute Gasteiger partial charge is 0.480 e. The van der Waals surface area contributed by atoms with E-state index in [1.807, 2.05) is 0 Å². The van der Waals surface area contributed by atoms with Gasteiger partial charge in [-0.2, -0.15) is 0 Å². The molecule has 0 spiro atoms. The van der Waals surface area contributed by atoms with Crippen molar-refractivity contribution in [3.05, 3.63) is 0 Å². The van der Waals surface area contributed by atoms with Crippen molar-refractivity contribution in [2.45, 2.75) is 225 Å². The predicted octanol–water partition coefficient (Wildman–Crippen LogP) is 9.17. The molecular weight excluding hydrogens is 663 g/mol. The number of amides is 1. The molecule has 0 aromatic rings. The molecule has 316 valence electrons. The van der Waals surface area contributed by atoms with Crippen molar-refractivity contribution in [1.82, 2.24) is 10.2 Å². The molecule has 10 nitrogen and oxygen atoms in total. The third kappa shape index (κ3) is 41.1. The fourth-order valence-corrected chi connectivity index (χ4v) is 6.60.